The molecule has 0 saturated carbocycles. The molecule has 2 aromatic rings. The Hall–Kier alpha value is -2.47. The molecule has 1 aliphatic heterocycles. The molecule has 176 valence electrons. The highest BCUT2D eigenvalue weighted by Gasteiger charge is 2.36. The summed E-state index contributed by atoms with van der Waals surface area (Å²) in [7, 11) is -4.11. The molecule has 1 fully saturated rings. The van der Waals surface area contributed by atoms with E-state index in [-0.39, 0.29) is 31.8 Å². The van der Waals surface area contributed by atoms with Crippen molar-refractivity contribution in [2.45, 2.75) is 56.7 Å². The highest BCUT2D eigenvalue weighted by atomic mass is 32.2. The summed E-state index contributed by atoms with van der Waals surface area (Å²) in [5.41, 5.74) is -1.03. The molecule has 0 spiro atoms. The fraction of sp³-hybridized carbons (Fsp3) is 0.550. The van der Waals surface area contributed by atoms with Gasteiger partial charge in [-0.1, -0.05) is 18.1 Å². The van der Waals surface area contributed by atoms with Gasteiger partial charge in [0.15, 0.2) is 11.9 Å². The predicted molar refractivity (Wildman–Crippen MR) is 106 cm³/mol. The topological polar surface area (TPSA) is 103 Å². The number of rotatable bonds is 7. The van der Waals surface area contributed by atoms with Crippen molar-refractivity contribution in [3.63, 3.8) is 0 Å². The zero-order valence-electron chi connectivity index (χ0n) is 17.6. The summed E-state index contributed by atoms with van der Waals surface area (Å²) >= 11 is 0. The number of nitrogens with zero attached hydrogens (tertiary/aromatic N) is 3. The van der Waals surface area contributed by atoms with Gasteiger partial charge in [0.2, 0.25) is 10.0 Å². The van der Waals surface area contributed by atoms with E-state index in [1.807, 2.05) is 6.92 Å². The number of esters is 1. The molecule has 0 bridgehead atoms. The van der Waals surface area contributed by atoms with Crippen LogP contribution in [0.2, 0.25) is 0 Å². The third-order valence-electron chi connectivity index (χ3n) is 5.18. The summed E-state index contributed by atoms with van der Waals surface area (Å²) in [6.07, 6.45) is -3.52. The average molecular weight is 475 g/mol. The molecule has 0 radical (unpaired) electrons. The molecule has 0 amide bonds. The Morgan fingerprint density at radius 2 is 2.00 bits per heavy atom. The van der Waals surface area contributed by atoms with Gasteiger partial charge in [-0.15, -0.1) is 0 Å². The van der Waals surface area contributed by atoms with Crippen LogP contribution < -0.4 is 0 Å². The first-order valence-corrected chi connectivity index (χ1v) is 11.7. The number of benzene rings is 1. The Bertz CT molecular complexity index is 1050. The maximum atomic E-state index is 12.9. The van der Waals surface area contributed by atoms with Crippen molar-refractivity contribution < 1.29 is 35.6 Å². The highest BCUT2D eigenvalue weighted by Crippen LogP contribution is 2.32. The SMILES string of the molecule is CCCc1noc(C(C)OC(=O)C2CCN(S(=O)(=O)c3cccc(C(F)(F)F)c3)CC2)n1. The van der Waals surface area contributed by atoms with Gasteiger partial charge < -0.3 is 9.26 Å². The number of aromatic nitrogens is 2. The fourth-order valence-corrected chi connectivity index (χ4v) is 4.91. The molecular formula is C20H24F3N3O5S. The highest BCUT2D eigenvalue weighted by molar-refractivity contribution is 7.89. The summed E-state index contributed by atoms with van der Waals surface area (Å²) in [5, 5.41) is 3.81. The minimum Gasteiger partial charge on any atom is -0.452 e. The second-order valence-electron chi connectivity index (χ2n) is 7.58. The number of halogens is 3. The molecule has 3 rings (SSSR count). The standard InChI is InChI=1S/C20H24F3N3O5S/c1-3-5-17-24-18(31-25-17)13(2)30-19(27)14-8-10-26(11-9-14)32(28,29)16-7-4-6-15(12-16)20(21,22)23/h4,6-7,12-14H,3,5,8-11H2,1-2H3. The molecule has 1 atom stereocenters. The lowest BCUT2D eigenvalue weighted by atomic mass is 9.98. The zero-order chi connectivity index (χ0) is 23.5. The Morgan fingerprint density at radius 3 is 2.62 bits per heavy atom. The number of aryl methyl sites for hydroxylation is 1. The smallest absolute Gasteiger partial charge is 0.416 e. The second kappa shape index (κ2) is 9.57. The summed E-state index contributed by atoms with van der Waals surface area (Å²) in [4.78, 5) is 16.2. The van der Waals surface area contributed by atoms with E-state index in [4.69, 9.17) is 9.26 Å². The number of hydrogen-bond donors (Lipinski definition) is 0. The van der Waals surface area contributed by atoms with Crippen LogP contribution in [0.1, 0.15) is 56.5 Å². The van der Waals surface area contributed by atoms with Crippen molar-refractivity contribution >= 4 is 16.0 Å². The quantitative estimate of drug-likeness (QED) is 0.562. The maximum absolute atomic E-state index is 12.9. The third kappa shape index (κ3) is 5.47. The Kier molecular flexibility index (Phi) is 7.23. The molecule has 0 aliphatic carbocycles. The normalized spacial score (nSPS) is 17.3. The average Bonchev–Trinajstić information content (AvgIpc) is 3.22. The van der Waals surface area contributed by atoms with Gasteiger partial charge in [0.25, 0.3) is 5.89 Å². The number of carbonyl (C=O) groups excluding carboxylic acids is 1. The van der Waals surface area contributed by atoms with Crippen LogP contribution in [0.4, 0.5) is 13.2 Å². The van der Waals surface area contributed by atoms with Crippen LogP contribution in [0.5, 0.6) is 0 Å². The molecule has 2 heterocycles. The Balaban J connectivity index is 1.59. The van der Waals surface area contributed by atoms with E-state index >= 15 is 0 Å². The maximum Gasteiger partial charge on any atom is 0.416 e. The molecule has 1 aliphatic rings. The van der Waals surface area contributed by atoms with Crippen LogP contribution >= 0.6 is 0 Å². The molecule has 1 unspecified atom stereocenters. The summed E-state index contributed by atoms with van der Waals surface area (Å²) in [6.45, 7) is 3.56. The van der Waals surface area contributed by atoms with Crippen LogP contribution in [0.15, 0.2) is 33.7 Å². The van der Waals surface area contributed by atoms with E-state index in [1.54, 1.807) is 6.92 Å². The number of hydrogen-bond acceptors (Lipinski definition) is 7. The molecule has 12 heteroatoms. The fourth-order valence-electron chi connectivity index (χ4n) is 3.39. The van der Waals surface area contributed by atoms with E-state index in [0.29, 0.717) is 18.3 Å². The van der Waals surface area contributed by atoms with Gasteiger partial charge in [-0.25, -0.2) is 8.42 Å². The van der Waals surface area contributed by atoms with Crippen molar-refractivity contribution in [3.8, 4) is 0 Å². The van der Waals surface area contributed by atoms with Crippen LogP contribution in [0.25, 0.3) is 0 Å². The van der Waals surface area contributed by atoms with Gasteiger partial charge in [-0.05, 0) is 44.4 Å². The van der Waals surface area contributed by atoms with Gasteiger partial charge in [-0.2, -0.15) is 22.5 Å². The Morgan fingerprint density at radius 1 is 1.31 bits per heavy atom. The lowest BCUT2D eigenvalue weighted by molar-refractivity contribution is -0.156. The predicted octanol–water partition coefficient (Wildman–Crippen LogP) is 3.75. The van der Waals surface area contributed by atoms with Crippen molar-refractivity contribution in [3.05, 3.63) is 41.5 Å². The van der Waals surface area contributed by atoms with E-state index in [0.717, 1.165) is 28.9 Å². The lowest BCUT2D eigenvalue weighted by Gasteiger charge is -2.30. The number of sulfonamides is 1. The van der Waals surface area contributed by atoms with Crippen LogP contribution in [0.3, 0.4) is 0 Å². The molecule has 0 N–H and O–H groups in total. The molecule has 8 nitrogen and oxygen atoms in total. The minimum atomic E-state index is -4.64. The molecule has 1 saturated heterocycles. The first-order valence-electron chi connectivity index (χ1n) is 10.2. The summed E-state index contributed by atoms with van der Waals surface area (Å²) in [5.74, 6) is -0.336. The number of piperidine rings is 1. The third-order valence-corrected chi connectivity index (χ3v) is 7.08. The van der Waals surface area contributed by atoms with Gasteiger partial charge in [0.05, 0.1) is 16.4 Å². The van der Waals surface area contributed by atoms with Crippen molar-refractivity contribution in [2.24, 2.45) is 5.92 Å². The number of alkyl halides is 3. The number of ether oxygens (including phenoxy) is 1. The van der Waals surface area contributed by atoms with E-state index in [9.17, 15) is 26.4 Å². The lowest BCUT2D eigenvalue weighted by Crippen LogP contribution is -2.40. The Labute approximate surface area is 183 Å². The van der Waals surface area contributed by atoms with Gasteiger partial charge >= 0.3 is 12.1 Å². The van der Waals surface area contributed by atoms with Crippen LogP contribution in [-0.2, 0) is 32.2 Å². The van der Waals surface area contributed by atoms with Crippen molar-refractivity contribution in [1.29, 1.82) is 0 Å². The monoisotopic (exact) mass is 475 g/mol. The van der Waals surface area contributed by atoms with Crippen LogP contribution in [-0.4, -0.2) is 41.9 Å². The van der Waals surface area contributed by atoms with E-state index in [2.05, 4.69) is 10.1 Å². The second-order valence-corrected chi connectivity index (χ2v) is 9.52. The van der Waals surface area contributed by atoms with Gasteiger partial charge in [0, 0.05) is 19.5 Å². The first kappa shape index (κ1) is 24.2. The summed E-state index contributed by atoms with van der Waals surface area (Å²) < 4.78 is 75.9. The van der Waals surface area contributed by atoms with Gasteiger partial charge in [-0.3, -0.25) is 4.79 Å². The summed E-state index contributed by atoms with van der Waals surface area (Å²) in [6, 6.07) is 3.63. The van der Waals surface area contributed by atoms with Crippen molar-refractivity contribution in [2.75, 3.05) is 13.1 Å². The number of carbonyl (C=O) groups is 1. The molecule has 32 heavy (non-hydrogen) atoms. The van der Waals surface area contributed by atoms with Crippen molar-refractivity contribution in [1.82, 2.24) is 14.4 Å². The van der Waals surface area contributed by atoms with E-state index in [1.165, 1.54) is 0 Å². The van der Waals surface area contributed by atoms with E-state index < -0.39 is 44.6 Å². The molecular weight excluding hydrogens is 451 g/mol. The first-order chi connectivity index (χ1) is 15.0. The largest absolute Gasteiger partial charge is 0.452 e. The zero-order valence-corrected chi connectivity index (χ0v) is 18.4. The molecule has 1 aromatic heterocycles. The minimum absolute atomic E-state index is 0.00602. The van der Waals surface area contributed by atoms with Crippen LogP contribution in [0, 0.1) is 5.92 Å². The molecule has 1 aromatic carbocycles. The van der Waals surface area contributed by atoms with Gasteiger partial charge in [0.1, 0.15) is 0 Å².